The Balaban J connectivity index is 1.57. The summed E-state index contributed by atoms with van der Waals surface area (Å²) in [7, 11) is 0. The van der Waals surface area contributed by atoms with Gasteiger partial charge in [-0.2, -0.15) is 0 Å². The summed E-state index contributed by atoms with van der Waals surface area (Å²) in [6.45, 7) is 0. The third-order valence-electron chi connectivity index (χ3n) is 5.31. The van der Waals surface area contributed by atoms with E-state index in [-0.39, 0.29) is 0 Å². The highest BCUT2D eigenvalue weighted by atomic mass is 35.5. The Kier molecular flexibility index (Phi) is 2.54. The van der Waals surface area contributed by atoms with Crippen molar-refractivity contribution in [1.29, 1.82) is 0 Å². The second-order valence-electron chi connectivity index (χ2n) is 6.44. The van der Waals surface area contributed by atoms with Crippen molar-refractivity contribution < 1.29 is 0 Å². The Morgan fingerprint density at radius 3 is 2.33 bits per heavy atom. The predicted molar refractivity (Wildman–Crippen MR) is 73.7 cm³/mol. The van der Waals surface area contributed by atoms with Crippen LogP contribution in [0.5, 0.6) is 0 Å². The Hall–Kier alpha value is -0.760. The van der Waals surface area contributed by atoms with E-state index in [0.29, 0.717) is 11.2 Å². The summed E-state index contributed by atoms with van der Waals surface area (Å²) in [5.41, 5.74) is 1.02. The molecule has 0 saturated heterocycles. The van der Waals surface area contributed by atoms with Crippen LogP contribution in [-0.2, 0) is 0 Å². The lowest BCUT2D eigenvalue weighted by atomic mass is 9.54. The molecule has 4 bridgehead atoms. The number of pyridine rings is 1. The minimum absolute atomic E-state index is 0.617. The Bertz CT molecular complexity index is 432. The summed E-state index contributed by atoms with van der Waals surface area (Å²) in [5.74, 6) is 3.79. The van der Waals surface area contributed by atoms with E-state index in [2.05, 4.69) is 16.4 Å². The van der Waals surface area contributed by atoms with E-state index in [1.54, 1.807) is 6.20 Å². The lowest BCUT2D eigenvalue weighted by Gasteiger charge is -2.54. The highest BCUT2D eigenvalue weighted by molar-refractivity contribution is 6.31. The van der Waals surface area contributed by atoms with Gasteiger partial charge in [0.05, 0.1) is 5.69 Å². The summed E-state index contributed by atoms with van der Waals surface area (Å²) in [6.07, 6.45) is 8.99. The molecule has 96 valence electrons. The van der Waals surface area contributed by atoms with Crippen LogP contribution in [0.2, 0.25) is 5.15 Å². The number of anilines is 1. The molecule has 0 atom stereocenters. The number of rotatable bonds is 2. The van der Waals surface area contributed by atoms with Gasteiger partial charge < -0.3 is 5.32 Å². The largest absolute Gasteiger partial charge is 0.379 e. The van der Waals surface area contributed by atoms with Gasteiger partial charge in [-0.15, -0.1) is 0 Å². The Morgan fingerprint density at radius 2 is 1.72 bits per heavy atom. The first-order valence-corrected chi connectivity index (χ1v) is 7.54. The number of nitrogens with zero attached hydrogens (tertiary/aromatic N) is 1. The van der Waals surface area contributed by atoms with Crippen molar-refractivity contribution >= 4 is 17.3 Å². The quantitative estimate of drug-likeness (QED) is 0.816. The van der Waals surface area contributed by atoms with Crippen LogP contribution < -0.4 is 5.32 Å². The summed E-state index contributed by atoms with van der Waals surface area (Å²) in [6, 6.07) is 4.66. The van der Waals surface area contributed by atoms with Gasteiger partial charge in [0.15, 0.2) is 5.15 Å². The number of halogens is 1. The zero-order chi connectivity index (χ0) is 12.1. The average molecular weight is 263 g/mol. The summed E-state index contributed by atoms with van der Waals surface area (Å²) in [4.78, 5) is 4.17. The summed E-state index contributed by atoms with van der Waals surface area (Å²) in [5, 5.41) is 4.31. The van der Waals surface area contributed by atoms with E-state index in [1.807, 2.05) is 6.07 Å². The van der Waals surface area contributed by atoms with Gasteiger partial charge in [0.25, 0.3) is 0 Å². The first-order valence-electron chi connectivity index (χ1n) is 7.16. The molecule has 5 rings (SSSR count). The van der Waals surface area contributed by atoms with Gasteiger partial charge in [0.2, 0.25) is 0 Å². The van der Waals surface area contributed by atoms with Crippen molar-refractivity contribution in [2.24, 2.45) is 23.7 Å². The van der Waals surface area contributed by atoms with Crippen LogP contribution in [0.1, 0.15) is 32.1 Å². The number of nitrogens with one attached hydrogen (secondary N) is 1. The molecule has 1 aromatic rings. The minimum Gasteiger partial charge on any atom is -0.379 e. The van der Waals surface area contributed by atoms with Gasteiger partial charge >= 0.3 is 0 Å². The SMILES string of the molecule is Clc1ncccc1NC1C2CC3CC(C2)CC1C3. The molecule has 1 heterocycles. The maximum atomic E-state index is 6.16. The first kappa shape index (κ1) is 11.1. The molecule has 1 aromatic heterocycles. The van der Waals surface area contributed by atoms with Crippen LogP contribution in [0.3, 0.4) is 0 Å². The molecule has 18 heavy (non-hydrogen) atoms. The standard InChI is InChI=1S/C15H19ClN2/c16-15-13(2-1-3-17-15)18-14-11-5-9-4-10(7-11)8-12(14)6-9/h1-3,9-12,14,18H,4-8H2. The molecule has 0 aliphatic heterocycles. The van der Waals surface area contributed by atoms with Crippen LogP contribution >= 0.6 is 11.6 Å². The Labute approximate surface area is 113 Å². The van der Waals surface area contributed by atoms with Crippen LogP contribution in [0.15, 0.2) is 18.3 Å². The van der Waals surface area contributed by atoms with Crippen LogP contribution in [0.25, 0.3) is 0 Å². The third-order valence-corrected chi connectivity index (χ3v) is 5.61. The van der Waals surface area contributed by atoms with E-state index in [0.717, 1.165) is 29.4 Å². The number of hydrogen-bond donors (Lipinski definition) is 1. The van der Waals surface area contributed by atoms with Crippen LogP contribution in [-0.4, -0.2) is 11.0 Å². The lowest BCUT2D eigenvalue weighted by molar-refractivity contribution is 0.00753. The van der Waals surface area contributed by atoms with Crippen molar-refractivity contribution in [2.45, 2.75) is 38.1 Å². The second-order valence-corrected chi connectivity index (χ2v) is 6.80. The van der Waals surface area contributed by atoms with Crippen molar-refractivity contribution in [3.05, 3.63) is 23.5 Å². The molecule has 0 spiro atoms. The van der Waals surface area contributed by atoms with Crippen molar-refractivity contribution in [3.63, 3.8) is 0 Å². The fraction of sp³-hybridized carbons (Fsp3) is 0.667. The van der Waals surface area contributed by atoms with E-state index in [9.17, 15) is 0 Å². The Morgan fingerprint density at radius 1 is 1.06 bits per heavy atom. The van der Waals surface area contributed by atoms with Gasteiger partial charge in [0, 0.05) is 12.2 Å². The van der Waals surface area contributed by atoms with Crippen molar-refractivity contribution in [2.75, 3.05) is 5.32 Å². The molecular weight excluding hydrogens is 244 g/mol. The smallest absolute Gasteiger partial charge is 0.152 e. The molecule has 0 amide bonds. The third kappa shape index (κ3) is 1.73. The van der Waals surface area contributed by atoms with Crippen LogP contribution in [0, 0.1) is 23.7 Å². The molecule has 4 saturated carbocycles. The van der Waals surface area contributed by atoms with E-state index in [4.69, 9.17) is 11.6 Å². The fourth-order valence-corrected chi connectivity index (χ4v) is 5.01. The monoisotopic (exact) mass is 262 g/mol. The maximum absolute atomic E-state index is 6.16. The number of hydrogen-bond acceptors (Lipinski definition) is 2. The molecule has 4 aliphatic rings. The summed E-state index contributed by atoms with van der Waals surface area (Å²) < 4.78 is 0. The topological polar surface area (TPSA) is 24.9 Å². The molecule has 0 aromatic carbocycles. The molecule has 1 N–H and O–H groups in total. The second kappa shape index (κ2) is 4.12. The molecular formula is C15H19ClN2. The van der Waals surface area contributed by atoms with Gasteiger partial charge in [0.1, 0.15) is 0 Å². The highest BCUT2D eigenvalue weighted by Gasteiger charge is 2.48. The van der Waals surface area contributed by atoms with Crippen LogP contribution in [0.4, 0.5) is 5.69 Å². The number of aromatic nitrogens is 1. The summed E-state index contributed by atoms with van der Waals surface area (Å²) >= 11 is 6.16. The zero-order valence-corrected chi connectivity index (χ0v) is 11.2. The van der Waals surface area contributed by atoms with Gasteiger partial charge in [-0.3, -0.25) is 0 Å². The van der Waals surface area contributed by atoms with Gasteiger partial charge in [-0.25, -0.2) is 4.98 Å². The van der Waals surface area contributed by atoms with Gasteiger partial charge in [-0.1, -0.05) is 11.6 Å². The molecule has 4 fully saturated rings. The average Bonchev–Trinajstić information content (AvgIpc) is 2.35. The molecule has 4 aliphatic carbocycles. The van der Waals surface area contributed by atoms with E-state index >= 15 is 0 Å². The molecule has 0 unspecified atom stereocenters. The van der Waals surface area contributed by atoms with E-state index < -0.39 is 0 Å². The predicted octanol–water partition coefficient (Wildman–Crippen LogP) is 3.97. The van der Waals surface area contributed by atoms with Crippen molar-refractivity contribution in [1.82, 2.24) is 4.98 Å². The minimum atomic E-state index is 0.617. The first-order chi connectivity index (χ1) is 8.79. The maximum Gasteiger partial charge on any atom is 0.152 e. The highest BCUT2D eigenvalue weighted by Crippen LogP contribution is 2.54. The molecule has 0 radical (unpaired) electrons. The van der Waals surface area contributed by atoms with Crippen molar-refractivity contribution in [3.8, 4) is 0 Å². The fourth-order valence-electron chi connectivity index (χ4n) is 4.83. The van der Waals surface area contributed by atoms with E-state index in [1.165, 1.54) is 32.1 Å². The molecule has 2 nitrogen and oxygen atoms in total. The van der Waals surface area contributed by atoms with Gasteiger partial charge in [-0.05, 0) is 67.9 Å². The normalized spacial score (nSPS) is 41.1. The zero-order valence-electron chi connectivity index (χ0n) is 10.5. The molecule has 3 heteroatoms. The lowest BCUT2D eigenvalue weighted by Crippen LogP contribution is -2.51.